The van der Waals surface area contributed by atoms with Gasteiger partial charge in [-0.15, -0.1) is 0 Å². The molecule has 1 heterocycles. The predicted octanol–water partition coefficient (Wildman–Crippen LogP) is 0.671. The van der Waals surface area contributed by atoms with Crippen molar-refractivity contribution < 1.29 is 14.4 Å². The minimum absolute atomic E-state index is 0.193. The number of rotatable bonds is 2. The van der Waals surface area contributed by atoms with Gasteiger partial charge in [0.05, 0.1) is 5.41 Å². The van der Waals surface area contributed by atoms with Gasteiger partial charge in [-0.1, -0.05) is 20.8 Å². The van der Waals surface area contributed by atoms with Gasteiger partial charge in [-0.25, -0.2) is 0 Å². The second kappa shape index (κ2) is 3.56. The van der Waals surface area contributed by atoms with Crippen molar-refractivity contribution in [1.82, 2.24) is 4.90 Å². The molecule has 5 nitrogen and oxygen atoms in total. The summed E-state index contributed by atoms with van der Waals surface area (Å²) >= 11 is 0. The minimum Gasteiger partial charge on any atom is -0.368 e. The van der Waals surface area contributed by atoms with Crippen molar-refractivity contribution in [2.24, 2.45) is 22.5 Å². The zero-order chi connectivity index (χ0) is 13.9. The fourth-order valence-corrected chi connectivity index (χ4v) is 3.34. The average molecular weight is 252 g/mol. The molecule has 0 aromatic rings. The second-order valence-electron chi connectivity index (χ2n) is 6.24. The van der Waals surface area contributed by atoms with Gasteiger partial charge in [-0.05, 0) is 25.2 Å². The lowest BCUT2D eigenvalue weighted by molar-refractivity contribution is -0.172. The van der Waals surface area contributed by atoms with Gasteiger partial charge in [-0.2, -0.15) is 0 Å². The number of nitrogens with two attached hydrogens (primary N) is 1. The number of imide groups is 1. The Hall–Kier alpha value is -1.39. The summed E-state index contributed by atoms with van der Waals surface area (Å²) in [6, 6.07) is -0.860. The first-order valence-corrected chi connectivity index (χ1v) is 6.31. The van der Waals surface area contributed by atoms with Crippen LogP contribution < -0.4 is 5.73 Å². The van der Waals surface area contributed by atoms with E-state index in [0.29, 0.717) is 12.8 Å². The summed E-state index contributed by atoms with van der Waals surface area (Å²) < 4.78 is 0. The Balaban J connectivity index is 2.48. The van der Waals surface area contributed by atoms with Crippen LogP contribution in [0.15, 0.2) is 0 Å². The SMILES string of the molecule is CC(C(N)=O)N1C(=O)C2CCC(C)(C1=O)C2(C)C. The molecule has 0 spiro atoms. The first kappa shape index (κ1) is 13.1. The van der Waals surface area contributed by atoms with Crippen molar-refractivity contribution in [3.63, 3.8) is 0 Å². The van der Waals surface area contributed by atoms with Crippen molar-refractivity contribution in [3.05, 3.63) is 0 Å². The molecule has 2 aliphatic rings. The summed E-state index contributed by atoms with van der Waals surface area (Å²) in [4.78, 5) is 37.3. The summed E-state index contributed by atoms with van der Waals surface area (Å²) in [5, 5.41) is 0. The van der Waals surface area contributed by atoms with Crippen LogP contribution in [-0.4, -0.2) is 28.7 Å². The van der Waals surface area contributed by atoms with E-state index in [9.17, 15) is 14.4 Å². The molecular formula is C13H20N2O3. The second-order valence-corrected chi connectivity index (χ2v) is 6.24. The molecule has 2 bridgehead atoms. The Morgan fingerprint density at radius 2 is 1.94 bits per heavy atom. The first-order chi connectivity index (χ1) is 8.14. The topological polar surface area (TPSA) is 80.5 Å². The van der Waals surface area contributed by atoms with Crippen LogP contribution in [0.5, 0.6) is 0 Å². The Bertz CT molecular complexity index is 444. The summed E-state index contributed by atoms with van der Waals surface area (Å²) in [6.45, 7) is 7.33. The first-order valence-electron chi connectivity index (χ1n) is 6.31. The number of nitrogens with zero attached hydrogens (tertiary/aromatic N) is 1. The molecule has 1 aliphatic carbocycles. The molecule has 1 saturated carbocycles. The third kappa shape index (κ3) is 1.30. The molecule has 0 aromatic carbocycles. The van der Waals surface area contributed by atoms with Crippen LogP contribution in [0.25, 0.3) is 0 Å². The number of fused-ring (bicyclic) bond motifs is 2. The third-order valence-corrected chi connectivity index (χ3v) is 5.25. The molecule has 2 rings (SSSR count). The molecule has 100 valence electrons. The van der Waals surface area contributed by atoms with Crippen molar-refractivity contribution in [2.75, 3.05) is 0 Å². The van der Waals surface area contributed by atoms with E-state index in [0.717, 1.165) is 4.90 Å². The molecule has 1 saturated heterocycles. The predicted molar refractivity (Wildman–Crippen MR) is 65.1 cm³/mol. The number of primary amides is 1. The van der Waals surface area contributed by atoms with Crippen LogP contribution in [0, 0.1) is 16.7 Å². The van der Waals surface area contributed by atoms with E-state index in [2.05, 4.69) is 0 Å². The van der Waals surface area contributed by atoms with Crippen molar-refractivity contribution in [1.29, 1.82) is 0 Å². The van der Waals surface area contributed by atoms with Crippen LogP contribution in [0.2, 0.25) is 0 Å². The lowest BCUT2D eigenvalue weighted by atomic mass is 9.62. The Morgan fingerprint density at radius 3 is 2.44 bits per heavy atom. The smallest absolute Gasteiger partial charge is 0.240 e. The number of carbonyl (C=O) groups is 3. The van der Waals surface area contributed by atoms with E-state index in [4.69, 9.17) is 5.73 Å². The molecule has 18 heavy (non-hydrogen) atoms. The number of hydrogen-bond donors (Lipinski definition) is 1. The monoisotopic (exact) mass is 252 g/mol. The fraction of sp³-hybridized carbons (Fsp3) is 0.769. The van der Waals surface area contributed by atoms with Crippen LogP contribution in [-0.2, 0) is 14.4 Å². The molecule has 2 fully saturated rings. The fourth-order valence-electron chi connectivity index (χ4n) is 3.34. The van der Waals surface area contributed by atoms with E-state index >= 15 is 0 Å². The number of piperidine rings is 1. The van der Waals surface area contributed by atoms with Crippen molar-refractivity contribution in [3.8, 4) is 0 Å². The Labute approximate surface area is 107 Å². The van der Waals surface area contributed by atoms with Gasteiger partial charge in [0.2, 0.25) is 17.7 Å². The highest BCUT2D eigenvalue weighted by atomic mass is 16.2. The van der Waals surface area contributed by atoms with Gasteiger partial charge >= 0.3 is 0 Å². The van der Waals surface area contributed by atoms with Gasteiger partial charge in [0.1, 0.15) is 6.04 Å². The standard InChI is InChI=1S/C13H20N2O3/c1-7(9(14)16)15-10(17)8-5-6-13(4,11(15)18)12(8,2)3/h7-8H,5-6H2,1-4H3,(H2,14,16). The Kier molecular flexibility index (Phi) is 2.58. The lowest BCUT2D eigenvalue weighted by Gasteiger charge is -2.48. The summed E-state index contributed by atoms with van der Waals surface area (Å²) in [6.07, 6.45) is 1.40. The largest absolute Gasteiger partial charge is 0.368 e. The molecule has 2 N–H and O–H groups in total. The van der Waals surface area contributed by atoms with E-state index in [-0.39, 0.29) is 23.1 Å². The van der Waals surface area contributed by atoms with Crippen LogP contribution in [0.1, 0.15) is 40.5 Å². The molecular weight excluding hydrogens is 232 g/mol. The maximum Gasteiger partial charge on any atom is 0.240 e. The molecule has 1 aliphatic heterocycles. The van der Waals surface area contributed by atoms with E-state index in [1.807, 2.05) is 20.8 Å². The molecule has 3 amide bonds. The summed E-state index contributed by atoms with van der Waals surface area (Å²) in [5.74, 6) is -1.33. The number of likely N-dealkylation sites (tertiary alicyclic amines) is 1. The maximum atomic E-state index is 12.6. The highest BCUT2D eigenvalue weighted by Gasteiger charge is 2.65. The molecule has 3 atom stereocenters. The highest BCUT2D eigenvalue weighted by Crippen LogP contribution is 2.60. The summed E-state index contributed by atoms with van der Waals surface area (Å²) in [7, 11) is 0. The van der Waals surface area contributed by atoms with Crippen molar-refractivity contribution >= 4 is 17.7 Å². The number of amides is 3. The number of carbonyl (C=O) groups excluding carboxylic acids is 3. The van der Waals surface area contributed by atoms with Gasteiger partial charge in [0.25, 0.3) is 0 Å². The zero-order valence-electron chi connectivity index (χ0n) is 11.3. The maximum absolute atomic E-state index is 12.6. The lowest BCUT2D eigenvalue weighted by Crippen LogP contribution is -2.63. The van der Waals surface area contributed by atoms with Crippen LogP contribution in [0.4, 0.5) is 0 Å². The van der Waals surface area contributed by atoms with Crippen LogP contribution >= 0.6 is 0 Å². The summed E-state index contributed by atoms with van der Waals surface area (Å²) in [5.41, 5.74) is 4.30. The highest BCUT2D eigenvalue weighted by molar-refractivity contribution is 6.06. The van der Waals surface area contributed by atoms with E-state index < -0.39 is 17.4 Å². The third-order valence-electron chi connectivity index (χ3n) is 5.25. The molecule has 0 aromatic heterocycles. The van der Waals surface area contributed by atoms with Gasteiger partial charge in [-0.3, -0.25) is 19.3 Å². The van der Waals surface area contributed by atoms with Gasteiger partial charge in [0, 0.05) is 5.92 Å². The van der Waals surface area contributed by atoms with Crippen LogP contribution in [0.3, 0.4) is 0 Å². The van der Waals surface area contributed by atoms with Gasteiger partial charge in [0.15, 0.2) is 0 Å². The normalized spacial score (nSPS) is 35.8. The minimum atomic E-state index is -0.860. The number of hydrogen-bond acceptors (Lipinski definition) is 3. The van der Waals surface area contributed by atoms with E-state index in [1.165, 1.54) is 6.92 Å². The Morgan fingerprint density at radius 1 is 1.39 bits per heavy atom. The molecule has 3 unspecified atom stereocenters. The quantitative estimate of drug-likeness (QED) is 0.733. The average Bonchev–Trinajstić information content (AvgIpc) is 2.44. The van der Waals surface area contributed by atoms with E-state index in [1.54, 1.807) is 0 Å². The molecule has 0 radical (unpaired) electrons. The zero-order valence-corrected chi connectivity index (χ0v) is 11.3. The van der Waals surface area contributed by atoms with Crippen molar-refractivity contribution in [2.45, 2.75) is 46.6 Å². The molecule has 5 heteroatoms. The van der Waals surface area contributed by atoms with Gasteiger partial charge < -0.3 is 5.73 Å².